The molecule has 0 saturated carbocycles. The van der Waals surface area contributed by atoms with Gasteiger partial charge >= 0.3 is 5.97 Å². The highest BCUT2D eigenvalue weighted by atomic mass is 16.5. The Bertz CT molecular complexity index is 443. The largest absolute Gasteiger partial charge is 0.497 e. The molecule has 0 saturated heterocycles. The van der Waals surface area contributed by atoms with Crippen molar-refractivity contribution in [2.75, 3.05) is 7.11 Å². The van der Waals surface area contributed by atoms with Crippen molar-refractivity contribution in [1.82, 2.24) is 0 Å². The third-order valence-corrected chi connectivity index (χ3v) is 2.06. The maximum absolute atomic E-state index is 11.0. The highest BCUT2D eigenvalue weighted by Crippen LogP contribution is 2.23. The van der Waals surface area contributed by atoms with Crippen molar-refractivity contribution in [3.05, 3.63) is 23.8 Å². The Hall–Kier alpha value is -2.24. The first kappa shape index (κ1) is 12.8. The third-order valence-electron chi connectivity index (χ3n) is 2.06. The van der Waals surface area contributed by atoms with Crippen LogP contribution in [-0.4, -0.2) is 30.2 Å². The number of amides is 1. The van der Waals surface area contributed by atoms with Gasteiger partial charge in [0.15, 0.2) is 6.10 Å². The number of hydrogen-bond donors (Lipinski definition) is 2. The van der Waals surface area contributed by atoms with E-state index in [2.05, 4.69) is 0 Å². The lowest BCUT2D eigenvalue weighted by Crippen LogP contribution is -2.23. The van der Waals surface area contributed by atoms with E-state index in [4.69, 9.17) is 20.3 Å². The van der Waals surface area contributed by atoms with Crippen LogP contribution in [0.2, 0.25) is 0 Å². The van der Waals surface area contributed by atoms with Gasteiger partial charge in [0.05, 0.1) is 7.11 Å². The predicted octanol–water partition coefficient (Wildman–Crippen LogP) is 0.646. The quantitative estimate of drug-likeness (QED) is 0.785. The number of carbonyl (C=O) groups is 2. The summed E-state index contributed by atoms with van der Waals surface area (Å²) in [6.45, 7) is 1.38. The molecule has 3 N–H and O–H groups in total. The molecule has 0 fully saturated rings. The third kappa shape index (κ3) is 3.37. The molecule has 1 amide bonds. The number of rotatable bonds is 5. The molecular formula is C11H13NO5. The molecule has 1 aromatic rings. The van der Waals surface area contributed by atoms with Gasteiger partial charge in [0.25, 0.3) is 0 Å². The zero-order chi connectivity index (χ0) is 13.0. The van der Waals surface area contributed by atoms with Crippen LogP contribution in [-0.2, 0) is 4.79 Å². The van der Waals surface area contributed by atoms with Gasteiger partial charge in [0.2, 0.25) is 5.91 Å². The zero-order valence-electron chi connectivity index (χ0n) is 9.47. The number of aliphatic carboxylic acids is 1. The Labute approximate surface area is 97.9 Å². The van der Waals surface area contributed by atoms with Crippen LogP contribution in [0.4, 0.5) is 0 Å². The lowest BCUT2D eigenvalue weighted by Gasteiger charge is -2.12. The molecule has 0 aliphatic heterocycles. The fraction of sp³-hybridized carbons (Fsp3) is 0.273. The summed E-state index contributed by atoms with van der Waals surface area (Å²) in [6, 6.07) is 4.29. The smallest absolute Gasteiger partial charge is 0.344 e. The molecule has 0 radical (unpaired) electrons. The van der Waals surface area contributed by atoms with E-state index in [1.807, 2.05) is 0 Å². The second-order valence-corrected chi connectivity index (χ2v) is 3.36. The Balaban J connectivity index is 3.02. The number of benzene rings is 1. The second-order valence-electron chi connectivity index (χ2n) is 3.36. The number of primary amides is 1. The van der Waals surface area contributed by atoms with Crippen LogP contribution in [0.1, 0.15) is 17.3 Å². The van der Waals surface area contributed by atoms with Gasteiger partial charge in [-0.15, -0.1) is 0 Å². The molecule has 6 heteroatoms. The number of ether oxygens (including phenoxy) is 2. The molecule has 0 spiro atoms. The number of carbonyl (C=O) groups excluding carboxylic acids is 1. The van der Waals surface area contributed by atoms with Gasteiger partial charge < -0.3 is 20.3 Å². The van der Waals surface area contributed by atoms with Gasteiger partial charge in [0.1, 0.15) is 11.5 Å². The Morgan fingerprint density at radius 2 is 1.88 bits per heavy atom. The normalized spacial score (nSPS) is 11.6. The fourth-order valence-corrected chi connectivity index (χ4v) is 1.15. The summed E-state index contributed by atoms with van der Waals surface area (Å²) in [6.07, 6.45) is -1.03. The van der Waals surface area contributed by atoms with Crippen molar-refractivity contribution in [2.24, 2.45) is 5.73 Å². The summed E-state index contributed by atoms with van der Waals surface area (Å²) in [7, 11) is 1.42. The van der Waals surface area contributed by atoms with Crippen LogP contribution < -0.4 is 15.2 Å². The van der Waals surface area contributed by atoms with E-state index < -0.39 is 18.0 Å². The first-order valence-electron chi connectivity index (χ1n) is 4.82. The number of methoxy groups -OCH3 is 1. The van der Waals surface area contributed by atoms with E-state index >= 15 is 0 Å². The van der Waals surface area contributed by atoms with E-state index in [0.29, 0.717) is 5.75 Å². The molecule has 0 aromatic heterocycles. The van der Waals surface area contributed by atoms with Crippen LogP contribution in [0.15, 0.2) is 18.2 Å². The minimum absolute atomic E-state index is 0.192. The Kier molecular flexibility index (Phi) is 3.92. The molecule has 1 aromatic carbocycles. The maximum Gasteiger partial charge on any atom is 0.344 e. The lowest BCUT2D eigenvalue weighted by atomic mass is 10.2. The number of carboxylic acid groups (broad SMARTS) is 1. The van der Waals surface area contributed by atoms with Crippen LogP contribution >= 0.6 is 0 Å². The highest BCUT2D eigenvalue weighted by Gasteiger charge is 2.14. The van der Waals surface area contributed by atoms with E-state index in [1.165, 1.54) is 32.2 Å². The van der Waals surface area contributed by atoms with Crippen molar-refractivity contribution < 1.29 is 24.2 Å². The predicted molar refractivity (Wildman–Crippen MR) is 59.2 cm³/mol. The Morgan fingerprint density at radius 1 is 1.29 bits per heavy atom. The summed E-state index contributed by atoms with van der Waals surface area (Å²) in [4.78, 5) is 21.7. The molecule has 0 aliphatic rings. The average Bonchev–Trinajstić information content (AvgIpc) is 2.28. The van der Waals surface area contributed by atoms with Gasteiger partial charge in [0, 0.05) is 11.6 Å². The summed E-state index contributed by atoms with van der Waals surface area (Å²) >= 11 is 0. The summed E-state index contributed by atoms with van der Waals surface area (Å²) in [5, 5.41) is 8.70. The first-order chi connectivity index (χ1) is 7.93. The van der Waals surface area contributed by atoms with Crippen LogP contribution in [0, 0.1) is 0 Å². The Morgan fingerprint density at radius 3 is 2.35 bits per heavy atom. The average molecular weight is 239 g/mol. The van der Waals surface area contributed by atoms with E-state index in [-0.39, 0.29) is 11.3 Å². The number of hydrogen-bond acceptors (Lipinski definition) is 4. The standard InChI is InChI=1S/C11H13NO5/c1-6(11(14)15)17-9-4-7(10(12)13)3-8(5-9)16-2/h3-6H,1-2H3,(H2,12,13)(H,14,15)/t6-/m0/s1. The van der Waals surface area contributed by atoms with Crippen LogP contribution in [0.5, 0.6) is 11.5 Å². The molecular weight excluding hydrogens is 226 g/mol. The van der Waals surface area contributed by atoms with Crippen molar-refractivity contribution in [3.63, 3.8) is 0 Å². The fourth-order valence-electron chi connectivity index (χ4n) is 1.15. The van der Waals surface area contributed by atoms with Crippen LogP contribution in [0.25, 0.3) is 0 Å². The highest BCUT2D eigenvalue weighted by molar-refractivity contribution is 5.93. The van der Waals surface area contributed by atoms with Crippen molar-refractivity contribution in [1.29, 1.82) is 0 Å². The number of nitrogens with two attached hydrogens (primary N) is 1. The van der Waals surface area contributed by atoms with E-state index in [0.717, 1.165) is 0 Å². The maximum atomic E-state index is 11.0. The SMILES string of the molecule is COc1cc(O[C@@H](C)C(=O)O)cc(C(N)=O)c1. The minimum atomic E-state index is -1.10. The molecule has 1 rings (SSSR count). The van der Waals surface area contributed by atoms with Gasteiger partial charge in [-0.05, 0) is 19.1 Å². The second kappa shape index (κ2) is 5.20. The van der Waals surface area contributed by atoms with Crippen molar-refractivity contribution in [2.45, 2.75) is 13.0 Å². The van der Waals surface area contributed by atoms with Gasteiger partial charge in [-0.2, -0.15) is 0 Å². The molecule has 0 aliphatic carbocycles. The summed E-state index contributed by atoms with van der Waals surface area (Å²) in [5.41, 5.74) is 5.32. The molecule has 0 bridgehead atoms. The van der Waals surface area contributed by atoms with E-state index in [1.54, 1.807) is 0 Å². The topological polar surface area (TPSA) is 98.8 Å². The van der Waals surface area contributed by atoms with Gasteiger partial charge in [-0.3, -0.25) is 4.79 Å². The number of carboxylic acids is 1. The lowest BCUT2D eigenvalue weighted by molar-refractivity contribution is -0.144. The molecule has 0 unspecified atom stereocenters. The molecule has 17 heavy (non-hydrogen) atoms. The molecule has 92 valence electrons. The minimum Gasteiger partial charge on any atom is -0.497 e. The zero-order valence-corrected chi connectivity index (χ0v) is 9.47. The van der Waals surface area contributed by atoms with Gasteiger partial charge in [-0.25, -0.2) is 4.79 Å². The van der Waals surface area contributed by atoms with Crippen molar-refractivity contribution >= 4 is 11.9 Å². The molecule has 6 nitrogen and oxygen atoms in total. The van der Waals surface area contributed by atoms with Crippen molar-refractivity contribution in [3.8, 4) is 11.5 Å². The first-order valence-corrected chi connectivity index (χ1v) is 4.82. The van der Waals surface area contributed by atoms with Crippen LogP contribution in [0.3, 0.4) is 0 Å². The monoisotopic (exact) mass is 239 g/mol. The van der Waals surface area contributed by atoms with E-state index in [9.17, 15) is 9.59 Å². The van der Waals surface area contributed by atoms with Gasteiger partial charge in [-0.1, -0.05) is 0 Å². The molecule has 0 heterocycles. The summed E-state index contributed by atoms with van der Waals surface area (Å²) < 4.78 is 10.1. The summed E-state index contributed by atoms with van der Waals surface area (Å²) in [5.74, 6) is -1.16. The molecule has 1 atom stereocenters.